The molecule has 0 radical (unpaired) electrons. The van der Waals surface area contributed by atoms with Crippen molar-refractivity contribution in [1.29, 1.82) is 0 Å². The fourth-order valence-corrected chi connectivity index (χ4v) is 6.08. The maximum Gasteiger partial charge on any atom is 0.243 e. The zero-order valence-electron chi connectivity index (χ0n) is 20.4. The molecule has 4 rings (SSSR count). The zero-order valence-corrected chi connectivity index (χ0v) is 21.2. The van der Waals surface area contributed by atoms with Crippen LogP contribution in [0.4, 0.5) is 0 Å². The fraction of sp³-hybridized carbons (Fsp3) is 0.500. The van der Waals surface area contributed by atoms with Gasteiger partial charge in [-0.1, -0.05) is 24.3 Å². The zero-order chi connectivity index (χ0) is 24.7. The van der Waals surface area contributed by atoms with Gasteiger partial charge in [0.2, 0.25) is 15.9 Å². The summed E-state index contributed by atoms with van der Waals surface area (Å²) in [5.41, 5.74) is 3.04. The molecule has 8 nitrogen and oxygen atoms in total. The molecule has 190 valence electrons. The third kappa shape index (κ3) is 6.82. The Morgan fingerprint density at radius 2 is 1.77 bits per heavy atom. The summed E-state index contributed by atoms with van der Waals surface area (Å²) in [6.07, 6.45) is 3.16. The molecule has 0 saturated carbocycles. The van der Waals surface area contributed by atoms with Crippen molar-refractivity contribution >= 4 is 15.9 Å². The van der Waals surface area contributed by atoms with Crippen LogP contribution in [0.5, 0.6) is 5.75 Å². The predicted octanol–water partition coefficient (Wildman–Crippen LogP) is 2.56. The van der Waals surface area contributed by atoms with Gasteiger partial charge in [0.1, 0.15) is 5.75 Å². The molecule has 0 spiro atoms. The fourth-order valence-electron chi connectivity index (χ4n) is 4.62. The number of carbonyl (C=O) groups is 1. The lowest BCUT2D eigenvalue weighted by molar-refractivity contribution is -0.121. The summed E-state index contributed by atoms with van der Waals surface area (Å²) in [7, 11) is -2.07. The molecule has 0 unspecified atom stereocenters. The number of carbonyl (C=O) groups excluding carboxylic acids is 1. The Balaban J connectivity index is 1.34. The van der Waals surface area contributed by atoms with E-state index >= 15 is 0 Å². The first-order chi connectivity index (χ1) is 17.0. The van der Waals surface area contributed by atoms with Gasteiger partial charge in [0.05, 0.1) is 25.2 Å². The van der Waals surface area contributed by atoms with Crippen LogP contribution in [0.25, 0.3) is 0 Å². The highest BCUT2D eigenvalue weighted by atomic mass is 32.2. The van der Waals surface area contributed by atoms with Crippen LogP contribution in [0, 0.1) is 0 Å². The highest BCUT2D eigenvalue weighted by molar-refractivity contribution is 7.89. The summed E-state index contributed by atoms with van der Waals surface area (Å²) in [5, 5.41) is 2.99. The molecule has 0 atom stereocenters. The van der Waals surface area contributed by atoms with Crippen LogP contribution < -0.4 is 10.1 Å². The molecule has 2 aromatic rings. The van der Waals surface area contributed by atoms with Crippen molar-refractivity contribution < 1.29 is 22.7 Å². The molecule has 2 heterocycles. The summed E-state index contributed by atoms with van der Waals surface area (Å²) in [6.45, 7) is 5.18. The first-order valence-corrected chi connectivity index (χ1v) is 13.7. The number of benzene rings is 2. The summed E-state index contributed by atoms with van der Waals surface area (Å²) in [4.78, 5) is 15.3. The molecule has 9 heteroatoms. The average Bonchev–Trinajstić information content (AvgIpc) is 3.40. The van der Waals surface area contributed by atoms with Crippen LogP contribution in [0.1, 0.15) is 36.0 Å². The number of amides is 1. The van der Waals surface area contributed by atoms with Gasteiger partial charge < -0.3 is 14.8 Å². The van der Waals surface area contributed by atoms with Crippen molar-refractivity contribution in [2.24, 2.45) is 0 Å². The summed E-state index contributed by atoms with van der Waals surface area (Å²) in [5.74, 6) is 0.492. The smallest absolute Gasteiger partial charge is 0.243 e. The lowest BCUT2D eigenvalue weighted by atomic mass is 10.1. The predicted molar refractivity (Wildman–Crippen MR) is 134 cm³/mol. The third-order valence-corrected chi connectivity index (χ3v) is 8.46. The molecule has 2 aliphatic rings. The third-order valence-electron chi connectivity index (χ3n) is 6.57. The Labute approximate surface area is 208 Å². The molecule has 2 aliphatic heterocycles. The number of morpholine rings is 1. The van der Waals surface area contributed by atoms with Gasteiger partial charge >= 0.3 is 0 Å². The SMILES string of the molecule is COc1ccc(S(=O)(=O)N2CCOCC2)cc1CCC(=O)NCc1cccc(CN2CCCC2)c1. The molecule has 2 saturated heterocycles. The van der Waals surface area contributed by atoms with Gasteiger partial charge in [0.15, 0.2) is 0 Å². The van der Waals surface area contributed by atoms with Crippen LogP contribution in [-0.2, 0) is 39.1 Å². The number of hydrogen-bond donors (Lipinski definition) is 1. The molecule has 0 bridgehead atoms. The average molecular weight is 502 g/mol. The van der Waals surface area contributed by atoms with Crippen molar-refractivity contribution in [3.8, 4) is 5.75 Å². The van der Waals surface area contributed by atoms with E-state index in [0.29, 0.717) is 50.6 Å². The maximum atomic E-state index is 13.0. The van der Waals surface area contributed by atoms with Crippen molar-refractivity contribution in [1.82, 2.24) is 14.5 Å². The second kappa shape index (κ2) is 12.0. The van der Waals surface area contributed by atoms with Crippen LogP contribution in [0.2, 0.25) is 0 Å². The van der Waals surface area contributed by atoms with Gasteiger partial charge in [-0.25, -0.2) is 8.42 Å². The van der Waals surface area contributed by atoms with Crippen LogP contribution in [0.3, 0.4) is 0 Å². The van der Waals surface area contributed by atoms with Gasteiger partial charge in [-0.3, -0.25) is 9.69 Å². The van der Waals surface area contributed by atoms with E-state index in [1.54, 1.807) is 25.3 Å². The summed E-state index contributed by atoms with van der Waals surface area (Å²) >= 11 is 0. The normalized spacial score (nSPS) is 17.4. The molecule has 35 heavy (non-hydrogen) atoms. The van der Waals surface area contributed by atoms with E-state index in [1.165, 1.54) is 22.7 Å². The lowest BCUT2D eigenvalue weighted by Gasteiger charge is -2.26. The second-order valence-electron chi connectivity index (χ2n) is 9.07. The number of aryl methyl sites for hydroxylation is 1. The van der Waals surface area contributed by atoms with Crippen molar-refractivity contribution in [3.63, 3.8) is 0 Å². The largest absolute Gasteiger partial charge is 0.496 e. The Hall–Kier alpha value is -2.46. The Morgan fingerprint density at radius 1 is 1.03 bits per heavy atom. The lowest BCUT2D eigenvalue weighted by Crippen LogP contribution is -2.40. The van der Waals surface area contributed by atoms with Crippen molar-refractivity contribution in [2.75, 3.05) is 46.5 Å². The van der Waals surface area contributed by atoms with Crippen molar-refractivity contribution in [2.45, 2.75) is 43.7 Å². The molecule has 0 aliphatic carbocycles. The number of sulfonamides is 1. The molecule has 1 N–H and O–H groups in total. The van der Waals surface area contributed by atoms with Crippen LogP contribution >= 0.6 is 0 Å². The number of nitrogens with zero attached hydrogens (tertiary/aromatic N) is 2. The molecular formula is C26H35N3O5S. The van der Waals surface area contributed by atoms with Crippen LogP contribution in [0.15, 0.2) is 47.4 Å². The quantitative estimate of drug-likeness (QED) is 0.538. The number of hydrogen-bond acceptors (Lipinski definition) is 6. The molecular weight excluding hydrogens is 466 g/mol. The number of rotatable bonds is 10. The molecule has 2 fully saturated rings. The van der Waals surface area contributed by atoms with Gasteiger partial charge in [-0.05, 0) is 67.2 Å². The van der Waals surface area contributed by atoms with E-state index in [2.05, 4.69) is 22.3 Å². The first-order valence-electron chi connectivity index (χ1n) is 12.3. The van der Waals surface area contributed by atoms with E-state index in [-0.39, 0.29) is 17.2 Å². The van der Waals surface area contributed by atoms with E-state index in [1.807, 2.05) is 12.1 Å². The number of ether oxygens (including phenoxy) is 2. The maximum absolute atomic E-state index is 13.0. The minimum absolute atomic E-state index is 0.0848. The first kappa shape index (κ1) is 25.6. The molecule has 1 amide bonds. The highest BCUT2D eigenvalue weighted by Crippen LogP contribution is 2.26. The standard InChI is InChI=1S/C26H35N3O5S/c1-33-25-9-8-24(35(31,32)29-13-15-34-16-14-29)18-23(25)7-10-26(30)27-19-21-5-4-6-22(17-21)20-28-11-2-3-12-28/h4-6,8-9,17-18H,2-3,7,10-16,19-20H2,1H3,(H,27,30). The van der Waals surface area contributed by atoms with E-state index < -0.39 is 10.0 Å². The Morgan fingerprint density at radius 3 is 2.51 bits per heavy atom. The minimum atomic E-state index is -3.61. The summed E-state index contributed by atoms with van der Waals surface area (Å²) in [6, 6.07) is 13.2. The molecule has 2 aromatic carbocycles. The van der Waals surface area contributed by atoms with Gasteiger partial charge in [-0.2, -0.15) is 4.31 Å². The number of methoxy groups -OCH3 is 1. The number of nitrogens with one attached hydrogen (secondary N) is 1. The Bertz CT molecular complexity index is 1110. The molecule has 0 aromatic heterocycles. The van der Waals surface area contributed by atoms with E-state index in [4.69, 9.17) is 9.47 Å². The summed E-state index contributed by atoms with van der Waals surface area (Å²) < 4.78 is 38.2. The van der Waals surface area contributed by atoms with Gasteiger partial charge in [0.25, 0.3) is 0 Å². The number of likely N-dealkylation sites (tertiary alicyclic amines) is 1. The minimum Gasteiger partial charge on any atom is -0.496 e. The monoisotopic (exact) mass is 501 g/mol. The topological polar surface area (TPSA) is 88.2 Å². The second-order valence-corrected chi connectivity index (χ2v) is 11.0. The Kier molecular flexibility index (Phi) is 8.78. The van der Waals surface area contributed by atoms with E-state index in [0.717, 1.165) is 25.2 Å². The highest BCUT2D eigenvalue weighted by Gasteiger charge is 2.27. The van der Waals surface area contributed by atoms with E-state index in [9.17, 15) is 13.2 Å². The van der Waals surface area contributed by atoms with Crippen LogP contribution in [-0.4, -0.2) is 70.0 Å². The van der Waals surface area contributed by atoms with Gasteiger partial charge in [0, 0.05) is 32.6 Å². The van der Waals surface area contributed by atoms with Crippen molar-refractivity contribution in [3.05, 3.63) is 59.2 Å². The van der Waals surface area contributed by atoms with Gasteiger partial charge in [-0.15, -0.1) is 0 Å².